The standard InChI is InChI=1S/C70H129NO10/c1-4-7-10-13-16-19-22-24-26-28-30-31-32-34-35-37-39-42-45-48-51-54-57-63(74)69(78)71-61(62(73)56-53-50-47-44-41-21-18-15-12-9-6-3)60-79-70-68(67(77)66(76)64(59-72)80-70)81-65(75)58-55-52-49-46-43-40-38-36-33-29-27-25-23-20-17-14-11-8-5-2/h16,19,24-27,53,56,61-64,66-68,70,72-74,76-77H,4-15,17-18,20-23,28-52,54-55,57-60H2,1-3H3,(H,71,78)/b19-16-,26-24-,27-25+,56-53+. The molecule has 1 aliphatic heterocycles. The first-order valence-electron chi connectivity index (χ1n) is 34.4. The molecule has 0 radical (unpaired) electrons. The lowest BCUT2D eigenvalue weighted by molar-refractivity contribution is -0.305. The lowest BCUT2D eigenvalue weighted by Gasteiger charge is -2.41. The van der Waals surface area contributed by atoms with Crippen molar-refractivity contribution in [3.05, 3.63) is 48.6 Å². The van der Waals surface area contributed by atoms with E-state index in [4.69, 9.17) is 14.2 Å². The maximum Gasteiger partial charge on any atom is 0.306 e. The number of aliphatic hydroxyl groups is 5. The van der Waals surface area contributed by atoms with Crippen LogP contribution in [0.25, 0.3) is 0 Å². The average Bonchev–Trinajstić information content (AvgIpc) is 3.52. The average molecular weight is 1140 g/mol. The Kier molecular flexibility index (Phi) is 54.9. The highest BCUT2D eigenvalue weighted by Crippen LogP contribution is 2.26. The second-order valence-electron chi connectivity index (χ2n) is 23.9. The minimum atomic E-state index is -1.61. The first kappa shape index (κ1) is 76.6. The fourth-order valence-electron chi connectivity index (χ4n) is 10.7. The summed E-state index contributed by atoms with van der Waals surface area (Å²) in [6, 6.07) is -1.02. The third kappa shape index (κ3) is 45.6. The van der Waals surface area contributed by atoms with Gasteiger partial charge in [0.1, 0.15) is 24.4 Å². The number of hydrogen-bond acceptors (Lipinski definition) is 10. The third-order valence-electron chi connectivity index (χ3n) is 16.2. The molecule has 0 saturated carbocycles. The van der Waals surface area contributed by atoms with Crippen LogP contribution in [0.2, 0.25) is 0 Å². The number of esters is 1. The first-order valence-corrected chi connectivity index (χ1v) is 34.4. The molecule has 1 amide bonds. The summed E-state index contributed by atoms with van der Waals surface area (Å²) in [7, 11) is 0. The van der Waals surface area contributed by atoms with Crippen molar-refractivity contribution >= 4 is 11.9 Å². The van der Waals surface area contributed by atoms with Gasteiger partial charge in [0.05, 0.1) is 25.4 Å². The SMILES string of the molecule is CCCCC/C=C\C/C=C\CCCCCCCCCCCCCCC(O)C(=O)NC(COC1OC(CO)C(O)C(O)C1OC(=O)CCCCCCCCCCC/C=C/CCCCCCCC)C(O)/C=C/CCCCCCCCCCC. The molecule has 0 spiro atoms. The topological polar surface area (TPSA) is 175 Å². The Hall–Kier alpha value is -2.38. The summed E-state index contributed by atoms with van der Waals surface area (Å²) in [4.78, 5) is 26.6. The second-order valence-corrected chi connectivity index (χ2v) is 23.9. The van der Waals surface area contributed by atoms with Gasteiger partial charge in [-0.3, -0.25) is 9.59 Å². The van der Waals surface area contributed by atoms with Crippen LogP contribution in [-0.4, -0.2) is 99.6 Å². The van der Waals surface area contributed by atoms with Crippen LogP contribution in [0.5, 0.6) is 0 Å². The minimum absolute atomic E-state index is 0.123. The fourth-order valence-corrected chi connectivity index (χ4v) is 10.7. The normalized spacial score (nSPS) is 18.9. The van der Waals surface area contributed by atoms with Gasteiger partial charge in [-0.15, -0.1) is 0 Å². The van der Waals surface area contributed by atoms with E-state index in [1.807, 2.05) is 6.08 Å². The predicted molar refractivity (Wildman–Crippen MR) is 338 cm³/mol. The number of aliphatic hydroxyl groups excluding tert-OH is 5. The number of ether oxygens (including phenoxy) is 3. The van der Waals surface area contributed by atoms with Crippen molar-refractivity contribution in [2.24, 2.45) is 0 Å². The minimum Gasteiger partial charge on any atom is -0.454 e. The Morgan fingerprint density at radius 1 is 0.481 bits per heavy atom. The third-order valence-corrected chi connectivity index (χ3v) is 16.2. The van der Waals surface area contributed by atoms with Crippen molar-refractivity contribution in [1.82, 2.24) is 5.32 Å². The van der Waals surface area contributed by atoms with Crippen molar-refractivity contribution in [3.8, 4) is 0 Å². The highest BCUT2D eigenvalue weighted by atomic mass is 16.7. The van der Waals surface area contributed by atoms with Gasteiger partial charge in [-0.2, -0.15) is 0 Å². The summed E-state index contributed by atoms with van der Waals surface area (Å²) in [5.74, 6) is -1.19. The van der Waals surface area contributed by atoms with Crippen molar-refractivity contribution < 1.29 is 49.3 Å². The lowest BCUT2D eigenvalue weighted by atomic mass is 9.99. The van der Waals surface area contributed by atoms with Crippen LogP contribution in [-0.2, 0) is 23.8 Å². The van der Waals surface area contributed by atoms with E-state index in [9.17, 15) is 35.1 Å². The molecule has 8 atom stereocenters. The Labute approximate surface area is 497 Å². The predicted octanol–water partition coefficient (Wildman–Crippen LogP) is 17.2. The van der Waals surface area contributed by atoms with Gasteiger partial charge in [0, 0.05) is 6.42 Å². The van der Waals surface area contributed by atoms with Crippen LogP contribution in [0, 0.1) is 0 Å². The lowest BCUT2D eigenvalue weighted by Crippen LogP contribution is -2.61. The van der Waals surface area contributed by atoms with Crippen LogP contribution in [0.15, 0.2) is 48.6 Å². The highest BCUT2D eigenvalue weighted by Gasteiger charge is 2.47. The molecule has 1 heterocycles. The molecular weight excluding hydrogens is 1010 g/mol. The van der Waals surface area contributed by atoms with Gasteiger partial charge in [0.2, 0.25) is 5.91 Å². The smallest absolute Gasteiger partial charge is 0.306 e. The number of carbonyl (C=O) groups is 2. The molecule has 0 aromatic carbocycles. The zero-order valence-corrected chi connectivity index (χ0v) is 52.7. The first-order chi connectivity index (χ1) is 39.7. The molecular formula is C70H129NO10. The van der Waals surface area contributed by atoms with Crippen LogP contribution in [0.3, 0.4) is 0 Å². The summed E-state index contributed by atoms with van der Waals surface area (Å²) in [5, 5.41) is 57.1. The second kappa shape index (κ2) is 58.0. The van der Waals surface area contributed by atoms with Gasteiger partial charge in [-0.1, -0.05) is 281 Å². The molecule has 11 nitrogen and oxygen atoms in total. The van der Waals surface area contributed by atoms with Crippen molar-refractivity contribution in [3.63, 3.8) is 0 Å². The highest BCUT2D eigenvalue weighted by molar-refractivity contribution is 5.80. The molecule has 1 saturated heterocycles. The summed E-state index contributed by atoms with van der Waals surface area (Å²) >= 11 is 0. The Bertz CT molecular complexity index is 1500. The van der Waals surface area contributed by atoms with E-state index in [2.05, 4.69) is 62.5 Å². The number of nitrogens with one attached hydrogen (secondary N) is 1. The van der Waals surface area contributed by atoms with Gasteiger partial charge in [-0.25, -0.2) is 0 Å². The van der Waals surface area contributed by atoms with E-state index in [0.717, 1.165) is 64.2 Å². The fraction of sp³-hybridized carbons (Fsp3) is 0.857. The zero-order chi connectivity index (χ0) is 58.9. The summed E-state index contributed by atoms with van der Waals surface area (Å²) in [6.07, 6.45) is 61.5. The Balaban J connectivity index is 2.58. The number of amides is 1. The van der Waals surface area contributed by atoms with E-state index in [-0.39, 0.29) is 13.0 Å². The quantitative estimate of drug-likeness (QED) is 0.0195. The molecule has 8 unspecified atom stereocenters. The Morgan fingerprint density at radius 2 is 0.852 bits per heavy atom. The van der Waals surface area contributed by atoms with Crippen LogP contribution >= 0.6 is 0 Å². The van der Waals surface area contributed by atoms with Gasteiger partial charge in [-0.05, 0) is 83.5 Å². The summed E-state index contributed by atoms with van der Waals surface area (Å²) < 4.78 is 17.7. The number of hydrogen-bond donors (Lipinski definition) is 6. The van der Waals surface area contributed by atoms with Gasteiger partial charge >= 0.3 is 5.97 Å². The molecule has 81 heavy (non-hydrogen) atoms. The molecule has 1 fully saturated rings. The van der Waals surface area contributed by atoms with Gasteiger partial charge in [0.15, 0.2) is 12.4 Å². The van der Waals surface area contributed by atoms with Crippen molar-refractivity contribution in [2.75, 3.05) is 13.2 Å². The molecule has 0 aromatic rings. The zero-order valence-electron chi connectivity index (χ0n) is 52.7. The van der Waals surface area contributed by atoms with E-state index in [0.29, 0.717) is 19.3 Å². The Morgan fingerprint density at radius 3 is 1.30 bits per heavy atom. The van der Waals surface area contributed by atoms with Crippen molar-refractivity contribution in [1.29, 1.82) is 0 Å². The molecule has 0 bridgehead atoms. The van der Waals surface area contributed by atoms with Crippen LogP contribution < -0.4 is 5.32 Å². The maximum absolute atomic E-state index is 13.5. The number of allylic oxidation sites excluding steroid dienone is 7. The van der Waals surface area contributed by atoms with E-state index < -0.39 is 67.4 Å². The van der Waals surface area contributed by atoms with E-state index >= 15 is 0 Å². The van der Waals surface area contributed by atoms with E-state index in [1.165, 1.54) is 212 Å². The van der Waals surface area contributed by atoms with Crippen molar-refractivity contribution in [2.45, 2.75) is 372 Å². The van der Waals surface area contributed by atoms with Gasteiger partial charge in [0.25, 0.3) is 0 Å². The molecule has 1 rings (SSSR count). The molecule has 1 aliphatic rings. The number of rotatable bonds is 59. The van der Waals surface area contributed by atoms with Gasteiger partial charge < -0.3 is 45.1 Å². The summed E-state index contributed by atoms with van der Waals surface area (Å²) in [5.41, 5.74) is 0. The largest absolute Gasteiger partial charge is 0.454 e. The molecule has 0 aliphatic carbocycles. The van der Waals surface area contributed by atoms with Crippen LogP contribution in [0.1, 0.15) is 323 Å². The van der Waals surface area contributed by atoms with E-state index in [1.54, 1.807) is 6.08 Å². The van der Waals surface area contributed by atoms with Crippen LogP contribution in [0.4, 0.5) is 0 Å². The molecule has 11 heteroatoms. The monoisotopic (exact) mass is 1140 g/mol. The maximum atomic E-state index is 13.5. The molecule has 0 aromatic heterocycles. The summed E-state index contributed by atoms with van der Waals surface area (Å²) in [6.45, 7) is 5.79. The number of carbonyl (C=O) groups excluding carboxylic acids is 2. The molecule has 6 N–H and O–H groups in total. The number of unbranched alkanes of at least 4 members (excludes halogenated alkanes) is 39. The molecule has 474 valence electrons.